The number of halogens is 1. The van der Waals surface area contributed by atoms with Crippen molar-refractivity contribution in [2.45, 2.75) is 25.8 Å². The molecule has 0 unspecified atom stereocenters. The molecule has 1 fully saturated rings. The molecular weight excluding hydrogens is 409 g/mol. The van der Waals surface area contributed by atoms with Crippen LogP contribution in [0.1, 0.15) is 39.1 Å². The molecule has 0 saturated carbocycles. The molecule has 1 atom stereocenters. The number of nitrogens with one attached hydrogen (secondary N) is 2. The van der Waals surface area contributed by atoms with Crippen LogP contribution < -0.4 is 10.6 Å². The van der Waals surface area contributed by atoms with Gasteiger partial charge in [-0.2, -0.15) is 0 Å². The number of carbonyl (C=O) groups excluding carboxylic acids is 3. The van der Waals surface area contributed by atoms with E-state index in [1.807, 2.05) is 13.0 Å². The van der Waals surface area contributed by atoms with Crippen molar-refractivity contribution < 1.29 is 18.8 Å². The van der Waals surface area contributed by atoms with Gasteiger partial charge in [0.25, 0.3) is 11.8 Å². The van der Waals surface area contributed by atoms with E-state index in [0.717, 1.165) is 5.56 Å². The van der Waals surface area contributed by atoms with E-state index >= 15 is 0 Å². The molecule has 1 saturated heterocycles. The molecule has 3 rings (SSSR count). The largest absolute Gasteiger partial charge is 0.351 e. The molecule has 1 aliphatic rings. The second-order valence-electron chi connectivity index (χ2n) is 7.99. The van der Waals surface area contributed by atoms with Gasteiger partial charge in [0.1, 0.15) is 11.9 Å². The summed E-state index contributed by atoms with van der Waals surface area (Å²) in [5.74, 6) is -1.42. The predicted molar refractivity (Wildman–Crippen MR) is 121 cm³/mol. The van der Waals surface area contributed by atoms with Crippen LogP contribution in [0.3, 0.4) is 0 Å². The number of likely N-dealkylation sites (tertiary alicyclic amines) is 1. The Balaban J connectivity index is 1.69. The molecular formula is C25H28FN3O3. The van der Waals surface area contributed by atoms with Crippen LogP contribution in [-0.2, 0) is 4.79 Å². The van der Waals surface area contributed by atoms with Gasteiger partial charge in [-0.1, -0.05) is 29.8 Å². The van der Waals surface area contributed by atoms with Gasteiger partial charge in [0.2, 0.25) is 5.91 Å². The van der Waals surface area contributed by atoms with Gasteiger partial charge in [-0.3, -0.25) is 14.4 Å². The number of piperidine rings is 1. The summed E-state index contributed by atoms with van der Waals surface area (Å²) in [5, 5.41) is 5.65. The predicted octanol–water partition coefficient (Wildman–Crippen LogP) is 3.09. The molecule has 0 spiro atoms. The zero-order valence-corrected chi connectivity index (χ0v) is 18.1. The lowest BCUT2D eigenvalue weighted by atomic mass is 9.88. The van der Waals surface area contributed by atoms with Crippen LogP contribution in [0.25, 0.3) is 0 Å². The van der Waals surface area contributed by atoms with Crippen molar-refractivity contribution >= 4 is 17.7 Å². The van der Waals surface area contributed by atoms with Crippen LogP contribution >= 0.6 is 0 Å². The molecule has 7 heteroatoms. The highest BCUT2D eigenvalue weighted by molar-refractivity contribution is 5.98. The van der Waals surface area contributed by atoms with Crippen molar-refractivity contribution in [3.05, 3.63) is 83.7 Å². The van der Waals surface area contributed by atoms with E-state index in [2.05, 4.69) is 17.2 Å². The zero-order valence-electron chi connectivity index (χ0n) is 18.1. The van der Waals surface area contributed by atoms with Gasteiger partial charge in [-0.05, 0) is 56.0 Å². The quantitative estimate of drug-likeness (QED) is 0.654. The molecule has 2 N–H and O–H groups in total. The average Bonchev–Trinajstić information content (AvgIpc) is 2.80. The van der Waals surface area contributed by atoms with E-state index in [0.29, 0.717) is 43.6 Å². The summed E-state index contributed by atoms with van der Waals surface area (Å²) < 4.78 is 13.5. The fourth-order valence-electron chi connectivity index (χ4n) is 3.93. The minimum absolute atomic E-state index is 0.134. The first-order valence-corrected chi connectivity index (χ1v) is 10.7. The molecule has 2 aromatic carbocycles. The number of hydrogen-bond acceptors (Lipinski definition) is 3. The Bertz CT molecular complexity index is 999. The number of hydrogen-bond donors (Lipinski definition) is 2. The number of benzene rings is 2. The van der Waals surface area contributed by atoms with Crippen LogP contribution in [0.15, 0.2) is 61.2 Å². The third-order valence-electron chi connectivity index (χ3n) is 5.64. The first-order valence-electron chi connectivity index (χ1n) is 10.7. The van der Waals surface area contributed by atoms with E-state index in [-0.39, 0.29) is 23.6 Å². The fraction of sp³-hybridized carbons (Fsp3) is 0.320. The van der Waals surface area contributed by atoms with Gasteiger partial charge in [0, 0.05) is 30.8 Å². The number of amides is 3. The minimum atomic E-state index is -0.727. The minimum Gasteiger partial charge on any atom is -0.351 e. The second-order valence-corrected chi connectivity index (χ2v) is 7.99. The van der Waals surface area contributed by atoms with Crippen molar-refractivity contribution in [2.24, 2.45) is 5.92 Å². The number of carbonyl (C=O) groups is 3. The van der Waals surface area contributed by atoms with Crippen molar-refractivity contribution in [3.63, 3.8) is 0 Å². The molecule has 1 heterocycles. The lowest BCUT2D eigenvalue weighted by molar-refractivity contribution is -0.124. The zero-order chi connectivity index (χ0) is 23.1. The molecule has 0 aliphatic carbocycles. The van der Waals surface area contributed by atoms with E-state index in [4.69, 9.17) is 0 Å². The third-order valence-corrected chi connectivity index (χ3v) is 5.64. The van der Waals surface area contributed by atoms with Crippen LogP contribution in [0.2, 0.25) is 0 Å². The summed E-state index contributed by atoms with van der Waals surface area (Å²) in [6.07, 6.45) is 2.67. The van der Waals surface area contributed by atoms with Gasteiger partial charge in [-0.25, -0.2) is 4.39 Å². The Labute approximate surface area is 187 Å². The molecule has 168 valence electrons. The SMILES string of the molecule is C=CCNC(=O)[C@@H](NC(=O)c1cccc(C)c1)C1CCN(C(=O)c2cccc(F)c2)CC1. The highest BCUT2D eigenvalue weighted by atomic mass is 19.1. The molecule has 3 amide bonds. The summed E-state index contributed by atoms with van der Waals surface area (Å²) in [6, 6.07) is 12.1. The van der Waals surface area contributed by atoms with Crippen LogP contribution in [0, 0.1) is 18.7 Å². The molecule has 0 radical (unpaired) electrons. The van der Waals surface area contributed by atoms with Crippen molar-refractivity contribution in [1.82, 2.24) is 15.5 Å². The Morgan fingerprint density at radius 1 is 1.12 bits per heavy atom. The third kappa shape index (κ3) is 5.81. The maximum absolute atomic E-state index is 13.5. The van der Waals surface area contributed by atoms with E-state index in [1.165, 1.54) is 18.2 Å². The summed E-state index contributed by atoms with van der Waals surface area (Å²) >= 11 is 0. The number of nitrogens with zero attached hydrogens (tertiary/aromatic N) is 1. The molecule has 0 aromatic heterocycles. The van der Waals surface area contributed by atoms with Crippen molar-refractivity contribution in [2.75, 3.05) is 19.6 Å². The van der Waals surface area contributed by atoms with E-state index < -0.39 is 11.9 Å². The standard InChI is InChI=1S/C25H28FN3O3/c1-3-12-27-24(31)22(28-23(30)19-7-4-6-17(2)15-19)18-10-13-29(14-11-18)25(32)20-8-5-9-21(26)16-20/h3-9,15-16,18,22H,1,10-14H2,2H3,(H,27,31)(H,28,30)/t22-/m0/s1. The average molecular weight is 438 g/mol. The Hall–Kier alpha value is -3.48. The van der Waals surface area contributed by atoms with Crippen LogP contribution in [0.4, 0.5) is 4.39 Å². The van der Waals surface area contributed by atoms with Gasteiger partial charge in [0.15, 0.2) is 0 Å². The Morgan fingerprint density at radius 2 is 1.81 bits per heavy atom. The maximum Gasteiger partial charge on any atom is 0.253 e. The van der Waals surface area contributed by atoms with Gasteiger partial charge >= 0.3 is 0 Å². The monoisotopic (exact) mass is 437 g/mol. The second kappa shape index (κ2) is 10.7. The molecule has 2 aromatic rings. The molecule has 32 heavy (non-hydrogen) atoms. The van der Waals surface area contributed by atoms with Crippen molar-refractivity contribution in [3.8, 4) is 0 Å². The first kappa shape index (κ1) is 23.2. The van der Waals surface area contributed by atoms with Gasteiger partial charge < -0.3 is 15.5 Å². The van der Waals surface area contributed by atoms with Crippen molar-refractivity contribution in [1.29, 1.82) is 0 Å². The number of aryl methyl sites for hydroxylation is 1. The first-order chi connectivity index (χ1) is 15.4. The lowest BCUT2D eigenvalue weighted by Gasteiger charge is -2.35. The Kier molecular flexibility index (Phi) is 7.76. The smallest absolute Gasteiger partial charge is 0.253 e. The lowest BCUT2D eigenvalue weighted by Crippen LogP contribution is -2.53. The highest BCUT2D eigenvalue weighted by Gasteiger charge is 2.34. The van der Waals surface area contributed by atoms with Gasteiger partial charge in [0.05, 0.1) is 0 Å². The molecule has 6 nitrogen and oxygen atoms in total. The van der Waals surface area contributed by atoms with Crippen LogP contribution in [-0.4, -0.2) is 48.3 Å². The fourth-order valence-corrected chi connectivity index (χ4v) is 3.93. The van der Waals surface area contributed by atoms with E-state index in [9.17, 15) is 18.8 Å². The summed E-state index contributed by atoms with van der Waals surface area (Å²) in [4.78, 5) is 40.0. The summed E-state index contributed by atoms with van der Waals surface area (Å²) in [7, 11) is 0. The normalized spacial score (nSPS) is 15.0. The molecule has 1 aliphatic heterocycles. The van der Waals surface area contributed by atoms with Crippen LogP contribution in [0.5, 0.6) is 0 Å². The summed E-state index contributed by atoms with van der Waals surface area (Å²) in [6.45, 7) is 6.66. The topological polar surface area (TPSA) is 78.5 Å². The maximum atomic E-state index is 13.5. The molecule has 0 bridgehead atoms. The summed E-state index contributed by atoms with van der Waals surface area (Å²) in [5.41, 5.74) is 1.75. The Morgan fingerprint density at radius 3 is 2.47 bits per heavy atom. The van der Waals surface area contributed by atoms with E-state index in [1.54, 1.807) is 35.2 Å². The van der Waals surface area contributed by atoms with Gasteiger partial charge in [-0.15, -0.1) is 6.58 Å². The number of rotatable bonds is 7. The highest BCUT2D eigenvalue weighted by Crippen LogP contribution is 2.23.